The average Bonchev–Trinajstić information content (AvgIpc) is 3.37. The standard InChI is InChI=1S/C22H24F3N5/c1-2-19-27-28-21-20-15(16(13-29(19)21)14-8-4-3-5-9-14)12-26-30(20)18-11-7-6-10-17(18)22(23,24)25/h6-7,10-12,14,16H,2-5,8-9,13H2,1H3. The van der Waals surface area contributed by atoms with Crippen LogP contribution in [-0.4, -0.2) is 24.5 Å². The number of hydrogen-bond donors (Lipinski definition) is 0. The fraction of sp³-hybridized carbons (Fsp3) is 0.500. The van der Waals surface area contributed by atoms with Crippen molar-refractivity contribution >= 4 is 0 Å². The molecular formula is C22H24F3N5. The first-order valence-electron chi connectivity index (χ1n) is 10.7. The largest absolute Gasteiger partial charge is 0.418 e. The first-order chi connectivity index (χ1) is 14.5. The van der Waals surface area contributed by atoms with E-state index >= 15 is 0 Å². The summed E-state index contributed by atoms with van der Waals surface area (Å²) in [4.78, 5) is 0. The van der Waals surface area contributed by atoms with Crippen LogP contribution in [0.5, 0.6) is 0 Å². The topological polar surface area (TPSA) is 48.5 Å². The Balaban J connectivity index is 1.70. The number of para-hydroxylation sites is 1. The van der Waals surface area contributed by atoms with Crippen molar-refractivity contribution in [1.29, 1.82) is 0 Å². The molecule has 0 bridgehead atoms. The van der Waals surface area contributed by atoms with Crippen molar-refractivity contribution in [2.24, 2.45) is 5.92 Å². The van der Waals surface area contributed by atoms with Gasteiger partial charge in [-0.05, 0) is 30.9 Å². The maximum atomic E-state index is 13.7. The second-order valence-corrected chi connectivity index (χ2v) is 8.28. The van der Waals surface area contributed by atoms with E-state index in [0.717, 1.165) is 43.3 Å². The lowest BCUT2D eigenvalue weighted by atomic mass is 9.75. The highest BCUT2D eigenvalue weighted by atomic mass is 19.4. The smallest absolute Gasteiger partial charge is 0.309 e. The van der Waals surface area contributed by atoms with Gasteiger partial charge in [-0.15, -0.1) is 10.2 Å². The SMILES string of the molecule is CCc1nnc2n1CC(C1CCCCC1)c1cnn(-c3ccccc3C(F)(F)F)c1-2. The summed E-state index contributed by atoms with van der Waals surface area (Å²) in [5.41, 5.74) is 0.989. The van der Waals surface area contributed by atoms with E-state index in [1.165, 1.54) is 36.1 Å². The van der Waals surface area contributed by atoms with E-state index < -0.39 is 11.7 Å². The Morgan fingerprint density at radius 2 is 1.83 bits per heavy atom. The molecule has 0 spiro atoms. The summed E-state index contributed by atoms with van der Waals surface area (Å²) in [5.74, 6) is 2.21. The molecule has 1 unspecified atom stereocenters. The highest BCUT2D eigenvalue weighted by Crippen LogP contribution is 2.45. The summed E-state index contributed by atoms with van der Waals surface area (Å²) in [7, 11) is 0. The summed E-state index contributed by atoms with van der Waals surface area (Å²) < 4.78 is 44.7. The molecule has 0 N–H and O–H groups in total. The monoisotopic (exact) mass is 415 g/mol. The molecule has 0 amide bonds. The molecule has 0 saturated heterocycles. The van der Waals surface area contributed by atoms with E-state index in [1.807, 2.05) is 6.92 Å². The Kier molecular flexibility index (Phi) is 4.67. The van der Waals surface area contributed by atoms with Gasteiger partial charge in [0.25, 0.3) is 0 Å². The Labute approximate surface area is 172 Å². The predicted molar refractivity (Wildman–Crippen MR) is 106 cm³/mol. The average molecular weight is 415 g/mol. The lowest BCUT2D eigenvalue weighted by Gasteiger charge is -2.34. The van der Waals surface area contributed by atoms with Gasteiger partial charge in [0.2, 0.25) is 0 Å². The van der Waals surface area contributed by atoms with Gasteiger partial charge < -0.3 is 4.57 Å². The van der Waals surface area contributed by atoms with Gasteiger partial charge in [-0.3, -0.25) is 0 Å². The number of fused-ring (bicyclic) bond motifs is 3. The molecule has 1 aromatic carbocycles. The summed E-state index contributed by atoms with van der Waals surface area (Å²) >= 11 is 0. The van der Waals surface area contributed by atoms with E-state index in [9.17, 15) is 13.2 Å². The van der Waals surface area contributed by atoms with Crippen LogP contribution in [0, 0.1) is 5.92 Å². The molecule has 30 heavy (non-hydrogen) atoms. The zero-order valence-corrected chi connectivity index (χ0v) is 16.9. The minimum Gasteiger partial charge on any atom is -0.309 e. The van der Waals surface area contributed by atoms with Crippen molar-refractivity contribution in [2.75, 3.05) is 0 Å². The lowest BCUT2D eigenvalue weighted by Crippen LogP contribution is -2.26. The molecule has 8 heteroatoms. The second kappa shape index (κ2) is 7.25. The van der Waals surface area contributed by atoms with Gasteiger partial charge >= 0.3 is 6.18 Å². The predicted octanol–water partition coefficient (Wildman–Crippen LogP) is 5.39. The van der Waals surface area contributed by atoms with Crippen LogP contribution >= 0.6 is 0 Å². The Bertz CT molecular complexity index is 1060. The number of aromatic nitrogens is 5. The first-order valence-corrected chi connectivity index (χ1v) is 10.7. The summed E-state index contributed by atoms with van der Waals surface area (Å²) in [6.45, 7) is 2.80. The Morgan fingerprint density at radius 1 is 1.07 bits per heavy atom. The van der Waals surface area contributed by atoms with Crippen molar-refractivity contribution in [3.05, 3.63) is 47.4 Å². The van der Waals surface area contributed by atoms with Crippen molar-refractivity contribution in [2.45, 2.75) is 64.1 Å². The maximum Gasteiger partial charge on any atom is 0.418 e. The molecule has 1 saturated carbocycles. The van der Waals surface area contributed by atoms with Crippen LogP contribution in [0.2, 0.25) is 0 Å². The molecule has 2 aliphatic rings. The number of hydrogen-bond acceptors (Lipinski definition) is 3. The Hall–Kier alpha value is -2.64. The van der Waals surface area contributed by atoms with E-state index in [-0.39, 0.29) is 11.6 Å². The number of rotatable bonds is 3. The van der Waals surface area contributed by atoms with Gasteiger partial charge in [0.1, 0.15) is 11.5 Å². The third-order valence-corrected chi connectivity index (χ3v) is 6.59. The van der Waals surface area contributed by atoms with Crippen molar-refractivity contribution in [3.63, 3.8) is 0 Å². The van der Waals surface area contributed by atoms with Crippen LogP contribution in [0.25, 0.3) is 17.2 Å². The number of alkyl halides is 3. The van der Waals surface area contributed by atoms with Gasteiger partial charge in [0.05, 0.1) is 17.4 Å². The number of halogens is 3. The Morgan fingerprint density at radius 3 is 2.57 bits per heavy atom. The molecule has 3 aromatic rings. The molecule has 1 aliphatic heterocycles. The highest BCUT2D eigenvalue weighted by molar-refractivity contribution is 5.63. The van der Waals surface area contributed by atoms with Gasteiger partial charge in [-0.1, -0.05) is 38.3 Å². The molecule has 5 nitrogen and oxygen atoms in total. The third-order valence-electron chi connectivity index (χ3n) is 6.59. The van der Waals surface area contributed by atoms with Crippen LogP contribution < -0.4 is 0 Å². The van der Waals surface area contributed by atoms with Crippen molar-refractivity contribution in [3.8, 4) is 17.2 Å². The molecule has 1 aliphatic carbocycles. The fourth-order valence-electron chi connectivity index (χ4n) is 5.14. The van der Waals surface area contributed by atoms with Crippen LogP contribution in [0.3, 0.4) is 0 Å². The third kappa shape index (κ3) is 3.04. The fourth-order valence-corrected chi connectivity index (χ4v) is 5.14. The first kappa shape index (κ1) is 19.3. The van der Waals surface area contributed by atoms with Crippen molar-refractivity contribution < 1.29 is 13.2 Å². The van der Waals surface area contributed by atoms with E-state index in [1.54, 1.807) is 12.3 Å². The molecule has 0 radical (unpaired) electrons. The summed E-state index contributed by atoms with van der Waals surface area (Å²) in [5, 5.41) is 13.2. The van der Waals surface area contributed by atoms with Crippen LogP contribution in [-0.2, 0) is 19.1 Å². The van der Waals surface area contributed by atoms with Gasteiger partial charge in [-0.2, -0.15) is 18.3 Å². The van der Waals surface area contributed by atoms with Gasteiger partial charge in [0.15, 0.2) is 5.82 Å². The molecule has 1 fully saturated rings. The molecule has 5 rings (SSSR count). The number of nitrogens with zero attached hydrogens (tertiary/aromatic N) is 5. The summed E-state index contributed by atoms with van der Waals surface area (Å²) in [6, 6.07) is 5.60. The van der Waals surface area contributed by atoms with Crippen LogP contribution in [0.15, 0.2) is 30.5 Å². The number of benzene rings is 1. The normalized spacial score (nSPS) is 19.5. The van der Waals surface area contributed by atoms with Crippen LogP contribution in [0.4, 0.5) is 13.2 Å². The van der Waals surface area contributed by atoms with Crippen molar-refractivity contribution in [1.82, 2.24) is 24.5 Å². The minimum absolute atomic E-state index is 0.0307. The van der Waals surface area contributed by atoms with E-state index in [0.29, 0.717) is 17.4 Å². The molecule has 3 heterocycles. The van der Waals surface area contributed by atoms with Gasteiger partial charge in [-0.25, -0.2) is 4.68 Å². The molecule has 1 atom stereocenters. The second-order valence-electron chi connectivity index (χ2n) is 8.28. The molecule has 158 valence electrons. The quantitative estimate of drug-likeness (QED) is 0.576. The zero-order chi connectivity index (χ0) is 20.9. The zero-order valence-electron chi connectivity index (χ0n) is 16.9. The van der Waals surface area contributed by atoms with Gasteiger partial charge in [0, 0.05) is 24.4 Å². The van der Waals surface area contributed by atoms with E-state index in [4.69, 9.17) is 0 Å². The molecule has 2 aromatic heterocycles. The highest BCUT2D eigenvalue weighted by Gasteiger charge is 2.39. The van der Waals surface area contributed by atoms with E-state index in [2.05, 4.69) is 19.9 Å². The lowest BCUT2D eigenvalue weighted by molar-refractivity contribution is -0.137. The maximum absolute atomic E-state index is 13.7. The minimum atomic E-state index is -4.46. The molecular weight excluding hydrogens is 391 g/mol. The number of aryl methyl sites for hydroxylation is 1. The summed E-state index contributed by atoms with van der Waals surface area (Å²) in [6.07, 6.45) is 3.98. The van der Waals surface area contributed by atoms with Crippen LogP contribution in [0.1, 0.15) is 61.9 Å².